The van der Waals surface area contributed by atoms with Gasteiger partial charge in [-0.25, -0.2) is 0 Å². The first kappa shape index (κ1) is 13.5. The highest BCUT2D eigenvalue weighted by molar-refractivity contribution is 5.96. The molecule has 0 heterocycles. The molecule has 0 spiro atoms. The lowest BCUT2D eigenvalue weighted by atomic mass is 9.60. The van der Waals surface area contributed by atoms with E-state index in [9.17, 15) is 20.4 Å². The van der Waals surface area contributed by atoms with Gasteiger partial charge in [0.2, 0.25) is 0 Å². The van der Waals surface area contributed by atoms with E-state index in [0.29, 0.717) is 6.42 Å². The number of aromatic hydroxyl groups is 2. The highest BCUT2D eigenvalue weighted by Gasteiger charge is 2.52. The molecule has 4 nitrogen and oxygen atoms in total. The predicted octanol–water partition coefficient (Wildman–Crippen LogP) is 3.39. The molecule has 2 aliphatic rings. The Labute approximate surface area is 128 Å². The van der Waals surface area contributed by atoms with Gasteiger partial charge in [0.1, 0.15) is 11.4 Å². The molecule has 0 bridgehead atoms. The smallest absolute Gasteiger partial charge is 0.158 e. The Kier molecular flexibility index (Phi) is 2.42. The van der Waals surface area contributed by atoms with Crippen molar-refractivity contribution in [2.75, 3.05) is 0 Å². The topological polar surface area (TPSA) is 80.9 Å². The van der Waals surface area contributed by atoms with Gasteiger partial charge < -0.3 is 20.4 Å². The highest BCUT2D eigenvalue weighted by Crippen LogP contribution is 2.56. The lowest BCUT2D eigenvalue weighted by Gasteiger charge is -2.49. The van der Waals surface area contributed by atoms with Gasteiger partial charge >= 0.3 is 0 Å². The van der Waals surface area contributed by atoms with Crippen LogP contribution < -0.4 is 0 Å². The SMILES string of the molecule is Cc1c2c(c(C)c3cc(O)c(O)cc13)C1CCC1(O)C(O)=C2. The van der Waals surface area contributed by atoms with Gasteiger partial charge in [-0.05, 0) is 77.9 Å². The van der Waals surface area contributed by atoms with Crippen LogP contribution in [0.5, 0.6) is 11.5 Å². The molecule has 0 aliphatic heterocycles. The number of phenolic OH excluding ortho intramolecular Hbond substituents is 2. The van der Waals surface area contributed by atoms with E-state index in [0.717, 1.165) is 39.4 Å². The molecule has 0 amide bonds. The number of hydrogen-bond acceptors (Lipinski definition) is 4. The summed E-state index contributed by atoms with van der Waals surface area (Å²) in [6.45, 7) is 3.90. The summed E-state index contributed by atoms with van der Waals surface area (Å²) in [5, 5.41) is 42.1. The normalized spacial score (nSPS) is 26.1. The minimum atomic E-state index is -1.14. The van der Waals surface area contributed by atoms with Gasteiger partial charge in [0.15, 0.2) is 11.5 Å². The van der Waals surface area contributed by atoms with Gasteiger partial charge in [0, 0.05) is 5.92 Å². The van der Waals surface area contributed by atoms with Gasteiger partial charge in [0.25, 0.3) is 0 Å². The fourth-order valence-corrected chi connectivity index (χ4v) is 4.04. The number of aryl methyl sites for hydroxylation is 2. The van der Waals surface area contributed by atoms with E-state index in [1.165, 1.54) is 0 Å². The summed E-state index contributed by atoms with van der Waals surface area (Å²) >= 11 is 0. The van der Waals surface area contributed by atoms with Crippen molar-refractivity contribution in [3.05, 3.63) is 40.1 Å². The molecule has 2 aliphatic carbocycles. The molecule has 0 saturated heterocycles. The Hall–Kier alpha value is -2.20. The average Bonchev–Trinajstić information content (AvgIpc) is 2.46. The van der Waals surface area contributed by atoms with E-state index < -0.39 is 5.60 Å². The van der Waals surface area contributed by atoms with Crippen molar-refractivity contribution in [2.24, 2.45) is 0 Å². The van der Waals surface area contributed by atoms with Gasteiger partial charge in [-0.2, -0.15) is 0 Å². The largest absolute Gasteiger partial charge is 0.509 e. The summed E-state index contributed by atoms with van der Waals surface area (Å²) in [5.74, 6) is -0.375. The zero-order chi connectivity index (χ0) is 15.8. The lowest BCUT2D eigenvalue weighted by molar-refractivity contribution is -0.0553. The van der Waals surface area contributed by atoms with E-state index in [1.54, 1.807) is 18.2 Å². The molecular formula is C18H18O4. The summed E-state index contributed by atoms with van der Waals surface area (Å²) in [5.41, 5.74) is 2.74. The van der Waals surface area contributed by atoms with E-state index in [-0.39, 0.29) is 23.2 Å². The van der Waals surface area contributed by atoms with Crippen molar-refractivity contribution in [1.29, 1.82) is 0 Å². The monoisotopic (exact) mass is 298 g/mol. The van der Waals surface area contributed by atoms with Gasteiger partial charge in [-0.1, -0.05) is 0 Å². The van der Waals surface area contributed by atoms with Crippen molar-refractivity contribution in [1.82, 2.24) is 0 Å². The number of hydrogen-bond donors (Lipinski definition) is 4. The molecule has 2 atom stereocenters. The summed E-state index contributed by atoms with van der Waals surface area (Å²) in [4.78, 5) is 0. The molecule has 0 aromatic heterocycles. The van der Waals surface area contributed by atoms with Crippen LogP contribution >= 0.6 is 0 Å². The number of rotatable bonds is 0. The molecule has 2 aromatic carbocycles. The third-order valence-corrected chi connectivity index (χ3v) is 5.48. The van der Waals surface area contributed by atoms with Gasteiger partial charge in [0.05, 0.1) is 0 Å². The van der Waals surface area contributed by atoms with Crippen LogP contribution in [0.4, 0.5) is 0 Å². The Bertz CT molecular complexity index is 865. The number of fused-ring (bicyclic) bond motifs is 4. The first-order valence-corrected chi connectivity index (χ1v) is 7.47. The highest BCUT2D eigenvalue weighted by atomic mass is 16.3. The molecule has 2 aromatic rings. The van der Waals surface area contributed by atoms with E-state index >= 15 is 0 Å². The van der Waals surface area contributed by atoms with E-state index in [1.807, 2.05) is 13.8 Å². The summed E-state index contributed by atoms with van der Waals surface area (Å²) in [7, 11) is 0. The maximum Gasteiger partial charge on any atom is 0.158 e. The first-order chi connectivity index (χ1) is 10.3. The Morgan fingerprint density at radius 2 is 1.59 bits per heavy atom. The fraction of sp³-hybridized carbons (Fsp3) is 0.333. The second kappa shape index (κ2) is 3.96. The third-order valence-electron chi connectivity index (χ3n) is 5.48. The molecule has 1 saturated carbocycles. The van der Waals surface area contributed by atoms with Crippen LogP contribution in [-0.2, 0) is 0 Å². The molecule has 0 radical (unpaired) electrons. The van der Waals surface area contributed by atoms with Crippen LogP contribution in [0.15, 0.2) is 17.9 Å². The standard InChI is InChI=1S/C18H18O4/c1-8-10-5-14(19)15(20)6-11(10)9(2)17-12(8)7-16(21)18(22)4-3-13(17)18/h5-7,13,19-22H,3-4H2,1-2H3. The Morgan fingerprint density at radius 3 is 2.14 bits per heavy atom. The molecule has 4 N–H and O–H groups in total. The van der Waals surface area contributed by atoms with Crippen molar-refractivity contribution in [3.8, 4) is 11.5 Å². The second-order valence-electron chi connectivity index (χ2n) is 6.51. The van der Waals surface area contributed by atoms with E-state index in [2.05, 4.69) is 0 Å². The number of benzene rings is 2. The maximum atomic E-state index is 10.6. The van der Waals surface area contributed by atoms with Crippen molar-refractivity contribution >= 4 is 16.8 Å². The first-order valence-electron chi connectivity index (χ1n) is 7.47. The van der Waals surface area contributed by atoms with Crippen molar-refractivity contribution < 1.29 is 20.4 Å². The lowest BCUT2D eigenvalue weighted by Crippen LogP contribution is -2.49. The molecule has 1 fully saturated rings. The van der Waals surface area contributed by atoms with Crippen LogP contribution in [0, 0.1) is 13.8 Å². The maximum absolute atomic E-state index is 10.6. The van der Waals surface area contributed by atoms with Crippen LogP contribution in [0.3, 0.4) is 0 Å². The minimum Gasteiger partial charge on any atom is -0.509 e. The summed E-state index contributed by atoms with van der Waals surface area (Å²) in [6, 6.07) is 3.13. The van der Waals surface area contributed by atoms with Crippen molar-refractivity contribution in [3.63, 3.8) is 0 Å². The molecular weight excluding hydrogens is 280 g/mol. The zero-order valence-electron chi connectivity index (χ0n) is 12.5. The van der Waals surface area contributed by atoms with Crippen LogP contribution in [-0.4, -0.2) is 26.0 Å². The quantitative estimate of drug-likeness (QED) is 0.562. The second-order valence-corrected chi connectivity index (χ2v) is 6.51. The van der Waals surface area contributed by atoms with Gasteiger partial charge in [-0.15, -0.1) is 0 Å². The number of phenols is 2. The molecule has 114 valence electrons. The van der Waals surface area contributed by atoms with Gasteiger partial charge in [-0.3, -0.25) is 0 Å². The summed E-state index contributed by atoms with van der Waals surface area (Å²) < 4.78 is 0. The van der Waals surface area contributed by atoms with Crippen LogP contribution in [0.2, 0.25) is 0 Å². The average molecular weight is 298 g/mol. The predicted molar refractivity (Wildman–Crippen MR) is 84.3 cm³/mol. The summed E-state index contributed by atoms with van der Waals surface area (Å²) in [6.07, 6.45) is 3.05. The molecule has 2 unspecified atom stereocenters. The number of aliphatic hydroxyl groups excluding tert-OH is 1. The Morgan fingerprint density at radius 1 is 1.00 bits per heavy atom. The Balaban J connectivity index is 2.14. The van der Waals surface area contributed by atoms with E-state index in [4.69, 9.17) is 0 Å². The zero-order valence-corrected chi connectivity index (χ0v) is 12.5. The molecule has 22 heavy (non-hydrogen) atoms. The van der Waals surface area contributed by atoms with Crippen LogP contribution in [0.25, 0.3) is 16.8 Å². The molecule has 4 rings (SSSR count). The number of aliphatic hydroxyl groups is 2. The van der Waals surface area contributed by atoms with Crippen molar-refractivity contribution in [2.45, 2.75) is 38.2 Å². The third kappa shape index (κ3) is 1.40. The minimum absolute atomic E-state index is 0.0288. The molecule has 4 heteroatoms. The fourth-order valence-electron chi connectivity index (χ4n) is 4.04. The van der Waals surface area contributed by atoms with Crippen LogP contribution in [0.1, 0.15) is 41.0 Å².